The number of anilines is 1. The molecule has 1 aromatic carbocycles. The molecule has 2 aromatic heterocycles. The monoisotopic (exact) mass is 556 g/mol. The van der Waals surface area contributed by atoms with Crippen LogP contribution in [0.4, 0.5) is 11.5 Å². The average Bonchev–Trinajstić information content (AvgIpc) is 3.51. The van der Waals surface area contributed by atoms with Crippen LogP contribution in [0.5, 0.6) is 0 Å². The van der Waals surface area contributed by atoms with E-state index in [1.165, 1.54) is 18.5 Å². The Morgan fingerprint density at radius 3 is 2.75 bits per heavy atom. The van der Waals surface area contributed by atoms with Gasteiger partial charge in [0.2, 0.25) is 5.96 Å². The van der Waals surface area contributed by atoms with Gasteiger partial charge in [0.1, 0.15) is 29.4 Å². The van der Waals surface area contributed by atoms with E-state index in [2.05, 4.69) is 25.6 Å². The Morgan fingerprint density at radius 2 is 2.08 bits per heavy atom. The Bertz CT molecular complexity index is 1560. The van der Waals surface area contributed by atoms with Gasteiger partial charge >= 0.3 is 5.69 Å². The highest BCUT2D eigenvalue weighted by Gasteiger charge is 2.38. The van der Waals surface area contributed by atoms with E-state index in [1.54, 1.807) is 16.7 Å². The van der Waals surface area contributed by atoms with Gasteiger partial charge in [-0.05, 0) is 12.0 Å². The molecule has 5 rings (SSSR count). The molecule has 0 spiro atoms. The first-order valence-electron chi connectivity index (χ1n) is 12.1. The van der Waals surface area contributed by atoms with Crippen LogP contribution in [-0.4, -0.2) is 71.9 Å². The second-order valence-corrected chi connectivity index (χ2v) is 8.94. The van der Waals surface area contributed by atoms with Gasteiger partial charge in [0.05, 0.1) is 30.6 Å². The number of H-pyrrole nitrogens is 2. The van der Waals surface area contributed by atoms with E-state index in [-0.39, 0.29) is 36.8 Å². The van der Waals surface area contributed by atoms with Crippen LogP contribution in [0.1, 0.15) is 40.5 Å². The number of carbonyl (C=O) groups excluding carboxylic acids is 1. The first-order chi connectivity index (χ1) is 19.2. The van der Waals surface area contributed by atoms with E-state index in [9.17, 15) is 34.7 Å². The number of nitrogens with one attached hydrogen (secondary N) is 4. The quantitative estimate of drug-likeness (QED) is 0.149. The number of carbonyl (C=O) groups is 1. The van der Waals surface area contributed by atoms with Gasteiger partial charge in [-0.1, -0.05) is 12.1 Å². The molecule has 2 aliphatic rings. The van der Waals surface area contributed by atoms with Crippen molar-refractivity contribution in [2.75, 3.05) is 18.5 Å². The third-order valence-electron chi connectivity index (χ3n) is 6.34. The number of imidazole rings is 1. The summed E-state index contributed by atoms with van der Waals surface area (Å²) in [5, 5.41) is 35.9. The van der Waals surface area contributed by atoms with Crippen LogP contribution in [0.15, 0.2) is 51.4 Å². The first kappa shape index (κ1) is 26.9. The van der Waals surface area contributed by atoms with Gasteiger partial charge in [-0.2, -0.15) is 0 Å². The van der Waals surface area contributed by atoms with Crippen LogP contribution in [0, 0.1) is 10.1 Å². The van der Waals surface area contributed by atoms with E-state index in [1.807, 2.05) is 4.98 Å². The predicted octanol–water partition coefficient (Wildman–Crippen LogP) is -0.722. The molecule has 4 heterocycles. The molecule has 40 heavy (non-hydrogen) atoms. The van der Waals surface area contributed by atoms with Crippen LogP contribution in [0.25, 0.3) is 0 Å². The fourth-order valence-corrected chi connectivity index (χ4v) is 4.28. The molecule has 17 heteroatoms. The van der Waals surface area contributed by atoms with Crippen LogP contribution < -0.4 is 21.9 Å². The van der Waals surface area contributed by atoms with Crippen LogP contribution in [0.2, 0.25) is 0 Å². The lowest BCUT2D eigenvalue weighted by Crippen LogP contribution is -2.42. The number of hydrogen-bond acceptors (Lipinski definition) is 12. The van der Waals surface area contributed by atoms with Gasteiger partial charge in [0.15, 0.2) is 6.23 Å². The maximum absolute atomic E-state index is 12.8. The van der Waals surface area contributed by atoms with Gasteiger partial charge in [0, 0.05) is 24.8 Å². The third kappa shape index (κ3) is 5.52. The second kappa shape index (κ2) is 11.2. The molecule has 6 N–H and O–H groups in total. The van der Waals surface area contributed by atoms with Crippen molar-refractivity contribution in [3.8, 4) is 0 Å². The van der Waals surface area contributed by atoms with E-state index >= 15 is 0 Å². The Hall–Kier alpha value is -4.71. The summed E-state index contributed by atoms with van der Waals surface area (Å²) < 4.78 is 13.3. The van der Waals surface area contributed by atoms with E-state index in [4.69, 9.17) is 9.47 Å². The maximum atomic E-state index is 12.8. The lowest BCUT2D eigenvalue weighted by molar-refractivity contribution is -0.384. The fourth-order valence-electron chi connectivity index (χ4n) is 4.28. The predicted molar refractivity (Wildman–Crippen MR) is 136 cm³/mol. The van der Waals surface area contributed by atoms with E-state index in [0.717, 1.165) is 11.8 Å². The van der Waals surface area contributed by atoms with E-state index < -0.39 is 46.7 Å². The van der Waals surface area contributed by atoms with Crippen LogP contribution >= 0.6 is 0 Å². The summed E-state index contributed by atoms with van der Waals surface area (Å²) in [4.78, 5) is 59.5. The van der Waals surface area contributed by atoms with Crippen molar-refractivity contribution in [2.45, 2.75) is 37.5 Å². The number of guanidine groups is 1. The number of aliphatic hydroxyl groups is 2. The van der Waals surface area contributed by atoms with Gasteiger partial charge in [-0.25, -0.2) is 14.8 Å². The summed E-state index contributed by atoms with van der Waals surface area (Å²) in [5.41, 5.74) is -0.954. The lowest BCUT2D eigenvalue weighted by atomic mass is 10.1. The average molecular weight is 556 g/mol. The number of aromatic nitrogens is 4. The zero-order chi connectivity index (χ0) is 28.4. The molecule has 4 atom stereocenters. The number of aliphatic imine (C=N–C) groups is 1. The Kier molecular flexibility index (Phi) is 7.52. The van der Waals surface area contributed by atoms with Gasteiger partial charge in [-0.3, -0.25) is 34.6 Å². The standard InChI is InChI=1S/C23H24N8O9/c32-9-15-14(33)7-16(40-15)30-10-25-17-18(30)26-22(27-19(34)13-8-24-23(36)28-20(13)35)29-21(17)39-6-5-11-1-3-12(4-2-11)31(37)38/h1-4,8,10,14-16,21,32-33H,5-7,9H2,(H2,24,28,35,36)(H2,26,27,29,34)/t14-,15+,16+,21?/m0/s1. The largest absolute Gasteiger partial charge is 0.394 e. The minimum atomic E-state index is -1.01. The van der Waals surface area contributed by atoms with Crippen molar-refractivity contribution in [1.29, 1.82) is 0 Å². The SMILES string of the molecule is O=C(NC1=NC(OCCc2ccc([N+](=O)[O-])cc2)c2ncn([C@H]3C[C@H](O)[C@@H](CO)O3)c2N1)c1c[nH]c(=O)[nH]c1=O. The molecule has 1 fully saturated rings. The number of non-ortho nitro benzene ring substituents is 1. The zero-order valence-electron chi connectivity index (χ0n) is 20.6. The fraction of sp³-hybridized carbons (Fsp3) is 0.348. The highest BCUT2D eigenvalue weighted by Crippen LogP contribution is 2.36. The number of fused-ring (bicyclic) bond motifs is 1. The number of rotatable bonds is 8. The number of benzene rings is 1. The summed E-state index contributed by atoms with van der Waals surface area (Å²) in [6.45, 7) is -0.253. The molecule has 0 saturated carbocycles. The molecule has 0 radical (unpaired) electrons. The normalized spacial score (nSPS) is 21.8. The number of nitro groups is 1. The number of hydrogen-bond donors (Lipinski definition) is 6. The third-order valence-corrected chi connectivity index (χ3v) is 6.34. The summed E-state index contributed by atoms with van der Waals surface area (Å²) in [6, 6.07) is 6.00. The summed E-state index contributed by atoms with van der Waals surface area (Å²) in [5.74, 6) is -0.630. The summed E-state index contributed by atoms with van der Waals surface area (Å²) in [6.07, 6.45) is -0.463. The number of aromatic amines is 2. The highest BCUT2D eigenvalue weighted by atomic mass is 16.6. The van der Waals surface area contributed by atoms with Gasteiger partial charge < -0.3 is 30.0 Å². The molecule has 17 nitrogen and oxygen atoms in total. The topological polar surface area (TPSA) is 239 Å². The number of aliphatic hydroxyl groups excluding tert-OH is 2. The minimum absolute atomic E-state index is 0.0350. The van der Waals surface area contributed by atoms with Crippen molar-refractivity contribution in [1.82, 2.24) is 24.8 Å². The molecule has 2 aliphatic heterocycles. The minimum Gasteiger partial charge on any atom is -0.394 e. The number of nitrogens with zero attached hydrogens (tertiary/aromatic N) is 4. The van der Waals surface area contributed by atoms with Crippen molar-refractivity contribution in [3.63, 3.8) is 0 Å². The second-order valence-electron chi connectivity index (χ2n) is 8.94. The molecule has 1 saturated heterocycles. The van der Waals surface area contributed by atoms with Crippen LogP contribution in [-0.2, 0) is 15.9 Å². The van der Waals surface area contributed by atoms with Crippen molar-refractivity contribution in [3.05, 3.63) is 84.6 Å². The molecular formula is C23H24N8O9. The molecule has 1 unspecified atom stereocenters. The summed E-state index contributed by atoms with van der Waals surface area (Å²) >= 11 is 0. The summed E-state index contributed by atoms with van der Waals surface area (Å²) in [7, 11) is 0. The molecule has 3 aromatic rings. The number of amides is 1. The van der Waals surface area contributed by atoms with Gasteiger partial charge in [-0.15, -0.1) is 0 Å². The molecule has 0 bridgehead atoms. The maximum Gasteiger partial charge on any atom is 0.325 e. The lowest BCUT2D eigenvalue weighted by Gasteiger charge is -2.25. The number of nitro benzene ring substituents is 1. The van der Waals surface area contributed by atoms with Gasteiger partial charge in [0.25, 0.3) is 17.2 Å². The molecule has 210 valence electrons. The molecular weight excluding hydrogens is 532 g/mol. The van der Waals surface area contributed by atoms with Crippen molar-refractivity contribution < 1.29 is 29.4 Å². The molecule has 0 aliphatic carbocycles. The smallest absolute Gasteiger partial charge is 0.325 e. The number of ether oxygens (including phenoxy) is 2. The van der Waals surface area contributed by atoms with Crippen molar-refractivity contribution >= 4 is 23.4 Å². The zero-order valence-corrected chi connectivity index (χ0v) is 20.6. The van der Waals surface area contributed by atoms with Crippen molar-refractivity contribution in [2.24, 2.45) is 4.99 Å². The van der Waals surface area contributed by atoms with E-state index in [0.29, 0.717) is 17.9 Å². The molecule has 1 amide bonds. The first-order valence-corrected chi connectivity index (χ1v) is 12.1. The Balaban J connectivity index is 1.37. The Morgan fingerprint density at radius 1 is 1.30 bits per heavy atom. The highest BCUT2D eigenvalue weighted by molar-refractivity contribution is 6.10. The Labute approximate surface area is 223 Å². The van der Waals surface area contributed by atoms with Crippen LogP contribution in [0.3, 0.4) is 0 Å².